The number of hydrogen-bond donors (Lipinski definition) is 0. The van der Waals surface area contributed by atoms with Gasteiger partial charge in [0.05, 0.1) is 29.6 Å². The maximum absolute atomic E-state index is 12.9. The molecule has 1 unspecified atom stereocenters. The van der Waals surface area contributed by atoms with E-state index in [-0.39, 0.29) is 0 Å². The Morgan fingerprint density at radius 1 is 1.16 bits per heavy atom. The lowest BCUT2D eigenvalue weighted by Crippen LogP contribution is -2.59. The van der Waals surface area contributed by atoms with Crippen molar-refractivity contribution >= 4 is 33.3 Å². The van der Waals surface area contributed by atoms with E-state index in [2.05, 4.69) is 26.0 Å². The highest BCUT2D eigenvalue weighted by Gasteiger charge is 2.58. The highest BCUT2D eigenvalue weighted by atomic mass is 35.5. The Kier molecular flexibility index (Phi) is 5.15. The third-order valence-electron chi connectivity index (χ3n) is 7.50. The molecule has 1 atom stereocenters. The molecule has 2 saturated heterocycles. The molecule has 3 aliphatic carbocycles. The molecule has 32 heavy (non-hydrogen) atoms. The molecule has 2 bridgehead atoms. The van der Waals surface area contributed by atoms with Crippen LogP contribution in [0.3, 0.4) is 0 Å². The largest absolute Gasteiger partial charge is 0.296 e. The molecule has 5 aliphatic rings. The lowest BCUT2D eigenvalue weighted by molar-refractivity contribution is -0.0977. The van der Waals surface area contributed by atoms with Crippen molar-refractivity contribution in [1.82, 2.24) is 24.5 Å². The van der Waals surface area contributed by atoms with Gasteiger partial charge < -0.3 is 0 Å². The van der Waals surface area contributed by atoms with Gasteiger partial charge in [0.25, 0.3) is 0 Å². The van der Waals surface area contributed by atoms with Crippen molar-refractivity contribution in [3.05, 3.63) is 41.8 Å². The van der Waals surface area contributed by atoms with Crippen LogP contribution < -0.4 is 0 Å². The standard InChI is InChI=1S/C15H13ClN4.C8H14FNOS/c16-12-1-2-14-11(3-12)7-18-20(14)13-8-17-19(9-13)15-4-10(5-15)6-15;9-7-2-1-3-10(4-7)8-5-12(11)6-8/h1-3,7-10H,4-6H2;7-8H,1-6H2. The molecule has 0 N–H and O–H groups in total. The fraction of sp³-hybridized carbons (Fsp3) is 0.565. The van der Waals surface area contributed by atoms with Crippen LogP contribution in [0.1, 0.15) is 32.1 Å². The SMILES string of the molecule is Clc1ccc2c(cnn2-c2cnn(C34CC(C3)C4)c2)c1.O=S1CC(N2CCCC(F)C2)C1. The van der Waals surface area contributed by atoms with Gasteiger partial charge in [-0.05, 0) is 62.8 Å². The van der Waals surface area contributed by atoms with Gasteiger partial charge in [0.2, 0.25) is 0 Å². The van der Waals surface area contributed by atoms with Gasteiger partial charge in [-0.2, -0.15) is 10.2 Å². The zero-order valence-electron chi connectivity index (χ0n) is 17.9. The van der Waals surface area contributed by atoms with E-state index in [4.69, 9.17) is 11.6 Å². The van der Waals surface area contributed by atoms with Crippen molar-refractivity contribution in [2.75, 3.05) is 24.6 Å². The van der Waals surface area contributed by atoms with E-state index in [0.29, 0.717) is 24.5 Å². The van der Waals surface area contributed by atoms with E-state index in [0.717, 1.165) is 52.0 Å². The Bertz CT molecular complexity index is 1150. The van der Waals surface area contributed by atoms with Gasteiger partial charge in [-0.15, -0.1) is 0 Å². The first-order chi connectivity index (χ1) is 15.5. The number of nitrogens with zero attached hydrogens (tertiary/aromatic N) is 5. The van der Waals surface area contributed by atoms with Crippen molar-refractivity contribution in [3.63, 3.8) is 0 Å². The number of likely N-dealkylation sites (tertiary alicyclic amines) is 1. The van der Waals surface area contributed by atoms with Crippen LogP contribution in [0.4, 0.5) is 4.39 Å². The molecule has 2 aliphatic heterocycles. The number of rotatable bonds is 3. The molecule has 5 fully saturated rings. The molecule has 0 radical (unpaired) electrons. The predicted octanol–water partition coefficient (Wildman–Crippen LogP) is 3.94. The minimum Gasteiger partial charge on any atom is -0.296 e. The van der Waals surface area contributed by atoms with E-state index in [9.17, 15) is 8.60 Å². The monoisotopic (exact) mass is 475 g/mol. The number of benzene rings is 1. The molecule has 2 aromatic heterocycles. The van der Waals surface area contributed by atoms with Crippen molar-refractivity contribution in [2.24, 2.45) is 5.92 Å². The molecular weight excluding hydrogens is 449 g/mol. The van der Waals surface area contributed by atoms with Crippen LogP contribution in [0, 0.1) is 5.92 Å². The second-order valence-corrected chi connectivity index (χ2v) is 11.7. The highest BCUT2D eigenvalue weighted by molar-refractivity contribution is 7.86. The zero-order valence-corrected chi connectivity index (χ0v) is 19.4. The second kappa shape index (κ2) is 7.92. The molecule has 0 amide bonds. The average Bonchev–Trinajstić information content (AvgIpc) is 3.30. The third-order valence-corrected chi connectivity index (χ3v) is 9.25. The minimum atomic E-state index is -0.646. The number of hydrogen-bond acceptors (Lipinski definition) is 4. The normalized spacial score (nSPS) is 33.6. The molecule has 4 heterocycles. The number of halogens is 2. The van der Waals surface area contributed by atoms with E-state index >= 15 is 0 Å². The molecule has 0 spiro atoms. The molecule has 1 aromatic carbocycles. The molecule has 8 rings (SSSR count). The summed E-state index contributed by atoms with van der Waals surface area (Å²) in [6.45, 7) is 1.57. The van der Waals surface area contributed by atoms with E-state index in [1.165, 1.54) is 19.3 Å². The van der Waals surface area contributed by atoms with Crippen molar-refractivity contribution in [2.45, 2.75) is 49.9 Å². The lowest BCUT2D eigenvalue weighted by atomic mass is 9.50. The first kappa shape index (κ1) is 20.8. The van der Waals surface area contributed by atoms with Gasteiger partial charge >= 0.3 is 0 Å². The summed E-state index contributed by atoms with van der Waals surface area (Å²) in [6, 6.07) is 6.26. The number of aromatic nitrogens is 4. The minimum absolute atomic E-state index is 0.329. The van der Waals surface area contributed by atoms with Crippen LogP contribution in [0.5, 0.6) is 0 Å². The highest BCUT2D eigenvalue weighted by Crippen LogP contribution is 2.62. The summed E-state index contributed by atoms with van der Waals surface area (Å²) in [6.07, 6.45) is 10.8. The lowest BCUT2D eigenvalue weighted by Gasteiger charge is -2.61. The fourth-order valence-electron chi connectivity index (χ4n) is 5.48. The van der Waals surface area contributed by atoms with Crippen molar-refractivity contribution in [3.8, 4) is 5.69 Å². The molecule has 170 valence electrons. The Hall–Kier alpha value is -1.77. The summed E-state index contributed by atoms with van der Waals surface area (Å²) in [5, 5.41) is 10.8. The number of piperidine rings is 1. The smallest absolute Gasteiger partial charge is 0.113 e. The van der Waals surface area contributed by atoms with Gasteiger partial charge in [-0.1, -0.05) is 11.6 Å². The summed E-state index contributed by atoms with van der Waals surface area (Å²) >= 11 is 6.02. The first-order valence-electron chi connectivity index (χ1n) is 11.4. The molecular formula is C23H27ClFN5OS. The maximum Gasteiger partial charge on any atom is 0.113 e. The maximum atomic E-state index is 12.9. The van der Waals surface area contributed by atoms with Crippen LogP contribution >= 0.6 is 11.6 Å². The van der Waals surface area contributed by atoms with Crippen LogP contribution in [-0.2, 0) is 16.3 Å². The van der Waals surface area contributed by atoms with Gasteiger partial charge in [0, 0.05) is 45.3 Å². The molecule has 6 nitrogen and oxygen atoms in total. The predicted molar refractivity (Wildman–Crippen MR) is 125 cm³/mol. The second-order valence-electron chi connectivity index (χ2n) is 9.77. The van der Waals surface area contributed by atoms with Gasteiger partial charge in [-0.3, -0.25) is 13.8 Å². The van der Waals surface area contributed by atoms with Gasteiger partial charge in [0.1, 0.15) is 11.9 Å². The number of alkyl halides is 1. The fourth-order valence-corrected chi connectivity index (χ4v) is 6.84. The van der Waals surface area contributed by atoms with Crippen LogP contribution in [0.15, 0.2) is 36.8 Å². The van der Waals surface area contributed by atoms with E-state index in [1.54, 1.807) is 0 Å². The van der Waals surface area contributed by atoms with Gasteiger partial charge in [-0.25, -0.2) is 9.07 Å². The summed E-state index contributed by atoms with van der Waals surface area (Å²) < 4.78 is 27.8. The molecule has 3 aromatic rings. The Balaban J connectivity index is 0.000000140. The van der Waals surface area contributed by atoms with Crippen LogP contribution in [0.25, 0.3) is 16.6 Å². The summed E-state index contributed by atoms with van der Waals surface area (Å²) in [5.74, 6) is 2.50. The first-order valence-corrected chi connectivity index (χ1v) is 13.3. The third kappa shape index (κ3) is 3.60. The van der Waals surface area contributed by atoms with E-state index < -0.39 is 17.0 Å². The van der Waals surface area contributed by atoms with Crippen LogP contribution in [-0.4, -0.2) is 65.5 Å². The molecule has 9 heteroatoms. The van der Waals surface area contributed by atoms with Crippen molar-refractivity contribution < 1.29 is 8.60 Å². The van der Waals surface area contributed by atoms with Crippen molar-refractivity contribution in [1.29, 1.82) is 0 Å². The quantitative estimate of drug-likeness (QED) is 0.576. The summed E-state index contributed by atoms with van der Waals surface area (Å²) in [7, 11) is -0.599. The van der Waals surface area contributed by atoms with E-state index in [1.807, 2.05) is 35.3 Å². The summed E-state index contributed by atoms with van der Waals surface area (Å²) in [4.78, 5) is 2.16. The zero-order chi connectivity index (χ0) is 21.9. The topological polar surface area (TPSA) is 56.0 Å². The Morgan fingerprint density at radius 2 is 1.97 bits per heavy atom. The number of fused-ring (bicyclic) bond motifs is 1. The summed E-state index contributed by atoms with van der Waals surface area (Å²) in [5.41, 5.74) is 2.41. The van der Waals surface area contributed by atoms with Crippen LogP contribution in [0.2, 0.25) is 5.02 Å². The molecule has 3 saturated carbocycles. The average molecular weight is 476 g/mol. The Morgan fingerprint density at radius 3 is 2.66 bits per heavy atom. The van der Waals surface area contributed by atoms with Gasteiger partial charge in [0.15, 0.2) is 0 Å². The Labute approximate surface area is 194 Å².